The molecule has 2 rings (SSSR count). The predicted octanol–water partition coefficient (Wildman–Crippen LogP) is 1.32. The number of hydrogen-bond donors (Lipinski definition) is 1. The molecule has 1 heterocycles. The Morgan fingerprint density at radius 2 is 2.08 bits per heavy atom. The summed E-state index contributed by atoms with van der Waals surface area (Å²) in [6.07, 6.45) is 0. The molecule has 0 saturated carbocycles. The Morgan fingerprint density at radius 3 is 2.69 bits per heavy atom. The number of hydrogen-bond acceptors (Lipinski definition) is 1. The second kappa shape index (κ2) is 3.90. The molecule has 0 aromatic heterocycles. The molecule has 1 radical (unpaired) electrons. The normalized spacial score (nSPS) is 28.7. The molecule has 1 saturated heterocycles. The van der Waals surface area contributed by atoms with Gasteiger partial charge in [-0.25, -0.2) is 5.32 Å². The Labute approximate surface area is 79.4 Å². The molecule has 0 aliphatic carbocycles. The maximum absolute atomic E-state index is 4.53. The maximum atomic E-state index is 4.53. The quantitative estimate of drug-likeness (QED) is 0.684. The molecule has 2 atom stereocenters. The van der Waals surface area contributed by atoms with Crippen molar-refractivity contribution in [3.05, 3.63) is 35.9 Å². The highest BCUT2D eigenvalue weighted by molar-refractivity contribution is 5.19. The van der Waals surface area contributed by atoms with Crippen LogP contribution in [-0.4, -0.2) is 19.1 Å². The third-order valence-electron chi connectivity index (χ3n) is 2.46. The van der Waals surface area contributed by atoms with E-state index in [1.54, 1.807) is 0 Å². The molecule has 2 heteroatoms. The Morgan fingerprint density at radius 1 is 1.31 bits per heavy atom. The molecule has 1 aliphatic rings. The monoisotopic (exact) mass is 175 g/mol. The maximum Gasteiger partial charge on any atom is 0.0464 e. The first-order valence-corrected chi connectivity index (χ1v) is 4.81. The number of nitrogens with zero attached hydrogens (tertiary/aromatic N) is 1. The molecule has 0 spiro atoms. The van der Waals surface area contributed by atoms with Crippen molar-refractivity contribution in [1.29, 1.82) is 0 Å². The van der Waals surface area contributed by atoms with Gasteiger partial charge in [0.1, 0.15) is 0 Å². The van der Waals surface area contributed by atoms with Gasteiger partial charge in [0.25, 0.3) is 0 Å². The van der Waals surface area contributed by atoms with Gasteiger partial charge in [0.2, 0.25) is 0 Å². The molecular weight excluding hydrogens is 160 g/mol. The highest BCUT2D eigenvalue weighted by atomic mass is 15.1. The minimum Gasteiger partial charge on any atom is -0.307 e. The van der Waals surface area contributed by atoms with Gasteiger partial charge in [0.05, 0.1) is 0 Å². The lowest BCUT2D eigenvalue weighted by Crippen LogP contribution is -2.44. The van der Waals surface area contributed by atoms with Crippen molar-refractivity contribution in [2.75, 3.05) is 13.1 Å². The van der Waals surface area contributed by atoms with Gasteiger partial charge in [-0.2, -0.15) is 0 Å². The summed E-state index contributed by atoms with van der Waals surface area (Å²) in [4.78, 5) is 0. The zero-order chi connectivity index (χ0) is 9.10. The van der Waals surface area contributed by atoms with Crippen LogP contribution in [0.4, 0.5) is 0 Å². The van der Waals surface area contributed by atoms with Crippen LogP contribution >= 0.6 is 0 Å². The summed E-state index contributed by atoms with van der Waals surface area (Å²) >= 11 is 0. The fourth-order valence-corrected chi connectivity index (χ4v) is 1.64. The topological polar surface area (TPSA) is 26.1 Å². The molecular formula is C11H15N2. The Kier molecular flexibility index (Phi) is 2.62. The average Bonchev–Trinajstić information content (AvgIpc) is 2.20. The standard InChI is InChI=1S/C11H15N2/c1-9-7-13-11(8-12-9)10-5-3-2-4-6-10/h2-6,9,11,13H,7-8H2,1H3. The molecule has 2 nitrogen and oxygen atoms in total. The van der Waals surface area contributed by atoms with Gasteiger partial charge in [0, 0.05) is 25.2 Å². The van der Waals surface area contributed by atoms with Crippen LogP contribution in [0, 0.1) is 0 Å². The first kappa shape index (κ1) is 8.73. The molecule has 1 aliphatic heterocycles. The first-order valence-electron chi connectivity index (χ1n) is 4.81. The lowest BCUT2D eigenvalue weighted by molar-refractivity contribution is 0.360. The Bertz CT molecular complexity index is 250. The second-order valence-corrected chi connectivity index (χ2v) is 3.59. The summed E-state index contributed by atoms with van der Waals surface area (Å²) in [5.41, 5.74) is 1.35. The van der Waals surface area contributed by atoms with E-state index >= 15 is 0 Å². The highest BCUT2D eigenvalue weighted by Crippen LogP contribution is 2.14. The molecule has 1 N–H and O–H groups in total. The summed E-state index contributed by atoms with van der Waals surface area (Å²) in [7, 11) is 0. The minimum atomic E-state index is 0.428. The van der Waals surface area contributed by atoms with Crippen LogP contribution in [0.1, 0.15) is 18.5 Å². The van der Waals surface area contributed by atoms with Crippen LogP contribution in [0.15, 0.2) is 30.3 Å². The van der Waals surface area contributed by atoms with E-state index in [0.29, 0.717) is 12.1 Å². The van der Waals surface area contributed by atoms with Crippen molar-refractivity contribution in [3.63, 3.8) is 0 Å². The van der Waals surface area contributed by atoms with Crippen molar-refractivity contribution >= 4 is 0 Å². The molecule has 1 aromatic carbocycles. The van der Waals surface area contributed by atoms with Crippen molar-refractivity contribution in [3.8, 4) is 0 Å². The summed E-state index contributed by atoms with van der Waals surface area (Å²) in [6, 6.07) is 11.4. The van der Waals surface area contributed by atoms with Crippen molar-refractivity contribution < 1.29 is 0 Å². The molecule has 13 heavy (non-hydrogen) atoms. The molecule has 2 unspecified atom stereocenters. The predicted molar refractivity (Wildman–Crippen MR) is 53.6 cm³/mol. The zero-order valence-corrected chi connectivity index (χ0v) is 7.90. The zero-order valence-electron chi connectivity index (χ0n) is 7.90. The van der Waals surface area contributed by atoms with Crippen molar-refractivity contribution in [1.82, 2.24) is 10.6 Å². The van der Waals surface area contributed by atoms with Gasteiger partial charge < -0.3 is 5.32 Å². The number of rotatable bonds is 1. The fraction of sp³-hybridized carbons (Fsp3) is 0.455. The van der Waals surface area contributed by atoms with E-state index in [2.05, 4.69) is 41.8 Å². The van der Waals surface area contributed by atoms with E-state index in [1.165, 1.54) is 5.56 Å². The molecule has 0 amide bonds. The molecule has 0 bridgehead atoms. The van der Waals surface area contributed by atoms with E-state index in [-0.39, 0.29) is 0 Å². The summed E-state index contributed by atoms with van der Waals surface area (Å²) in [5.74, 6) is 0. The van der Waals surface area contributed by atoms with Gasteiger partial charge in [0.15, 0.2) is 0 Å². The van der Waals surface area contributed by atoms with E-state index in [1.807, 2.05) is 6.07 Å². The van der Waals surface area contributed by atoms with Crippen molar-refractivity contribution in [2.24, 2.45) is 0 Å². The van der Waals surface area contributed by atoms with Crippen LogP contribution in [0.2, 0.25) is 0 Å². The van der Waals surface area contributed by atoms with Gasteiger partial charge in [-0.3, -0.25) is 0 Å². The van der Waals surface area contributed by atoms with E-state index < -0.39 is 0 Å². The lowest BCUT2D eigenvalue weighted by Gasteiger charge is -2.27. The second-order valence-electron chi connectivity index (χ2n) is 3.59. The molecule has 1 fully saturated rings. The Hall–Kier alpha value is -0.860. The van der Waals surface area contributed by atoms with Crippen molar-refractivity contribution in [2.45, 2.75) is 19.0 Å². The lowest BCUT2D eigenvalue weighted by atomic mass is 10.0. The molecule has 69 valence electrons. The van der Waals surface area contributed by atoms with Crippen LogP contribution in [0.5, 0.6) is 0 Å². The average molecular weight is 175 g/mol. The van der Waals surface area contributed by atoms with Gasteiger partial charge in [-0.1, -0.05) is 30.3 Å². The van der Waals surface area contributed by atoms with Crippen LogP contribution in [-0.2, 0) is 0 Å². The number of benzene rings is 1. The van der Waals surface area contributed by atoms with E-state index in [4.69, 9.17) is 0 Å². The van der Waals surface area contributed by atoms with Gasteiger partial charge >= 0.3 is 0 Å². The Balaban J connectivity index is 2.03. The summed E-state index contributed by atoms with van der Waals surface area (Å²) in [5, 5.41) is 8.02. The minimum absolute atomic E-state index is 0.428. The van der Waals surface area contributed by atoms with E-state index in [0.717, 1.165) is 13.1 Å². The third kappa shape index (κ3) is 2.08. The third-order valence-corrected chi connectivity index (χ3v) is 2.46. The van der Waals surface area contributed by atoms with Gasteiger partial charge in [-0.15, -0.1) is 0 Å². The number of nitrogens with one attached hydrogen (secondary N) is 1. The summed E-state index contributed by atoms with van der Waals surface area (Å²) in [6.45, 7) is 4.05. The smallest absolute Gasteiger partial charge is 0.0464 e. The molecule has 1 aromatic rings. The van der Waals surface area contributed by atoms with Crippen LogP contribution in [0.25, 0.3) is 0 Å². The summed E-state index contributed by atoms with van der Waals surface area (Å²) < 4.78 is 0. The SMILES string of the molecule is CC1CNC(c2ccccc2)C[N]1. The fourth-order valence-electron chi connectivity index (χ4n) is 1.64. The van der Waals surface area contributed by atoms with Gasteiger partial charge in [-0.05, 0) is 12.5 Å². The highest BCUT2D eigenvalue weighted by Gasteiger charge is 2.18. The van der Waals surface area contributed by atoms with Crippen LogP contribution < -0.4 is 10.6 Å². The van der Waals surface area contributed by atoms with E-state index in [9.17, 15) is 0 Å². The first-order chi connectivity index (χ1) is 6.36. The van der Waals surface area contributed by atoms with Crippen LogP contribution in [0.3, 0.4) is 0 Å². The number of piperazine rings is 1. The largest absolute Gasteiger partial charge is 0.307 e.